The third-order valence-electron chi connectivity index (χ3n) is 3.62. The van der Waals surface area contributed by atoms with Gasteiger partial charge in [-0.25, -0.2) is 0 Å². The highest BCUT2D eigenvalue weighted by Crippen LogP contribution is 2.35. The molecule has 1 aliphatic rings. The molecule has 0 N–H and O–H groups in total. The number of ether oxygens (including phenoxy) is 3. The molecule has 1 unspecified atom stereocenters. The summed E-state index contributed by atoms with van der Waals surface area (Å²) >= 11 is 0. The van der Waals surface area contributed by atoms with Crippen molar-refractivity contribution in [2.75, 3.05) is 0 Å². The van der Waals surface area contributed by atoms with E-state index in [0.29, 0.717) is 0 Å². The van der Waals surface area contributed by atoms with Crippen molar-refractivity contribution in [1.82, 2.24) is 0 Å². The van der Waals surface area contributed by atoms with Crippen LogP contribution in [0.2, 0.25) is 0 Å². The zero-order valence-corrected chi connectivity index (χ0v) is 14.5. The molecule has 2 aromatic carbocycles. The molecule has 8 nitrogen and oxygen atoms in total. The molecule has 0 spiro atoms. The summed E-state index contributed by atoms with van der Waals surface area (Å²) in [5.74, 6) is 0. The molecular formula is C18H19N3O5. The number of nitro benzene ring substituents is 1. The van der Waals surface area contributed by atoms with Gasteiger partial charge in [0.05, 0.1) is 18.1 Å². The van der Waals surface area contributed by atoms with E-state index in [-0.39, 0.29) is 18.9 Å². The molecule has 2 aromatic rings. The maximum Gasteiger partial charge on any atom is 0.415 e. The third-order valence-corrected chi connectivity index (χ3v) is 3.62. The predicted octanol–water partition coefficient (Wildman–Crippen LogP) is 4.16. The molecule has 1 atom stereocenters. The second-order valence-electron chi connectivity index (χ2n) is 6.26. The first kappa shape index (κ1) is 18.1. The summed E-state index contributed by atoms with van der Waals surface area (Å²) in [7, 11) is 0. The van der Waals surface area contributed by atoms with Crippen molar-refractivity contribution in [1.29, 1.82) is 0 Å². The molecular weight excluding hydrogens is 338 g/mol. The van der Waals surface area contributed by atoms with Crippen molar-refractivity contribution in [2.24, 2.45) is 10.2 Å². The summed E-state index contributed by atoms with van der Waals surface area (Å²) < 4.78 is 17.3. The Morgan fingerprint density at radius 1 is 0.962 bits per heavy atom. The van der Waals surface area contributed by atoms with E-state index >= 15 is 0 Å². The molecule has 0 aliphatic carbocycles. The van der Waals surface area contributed by atoms with Crippen molar-refractivity contribution in [3.63, 3.8) is 0 Å². The Labute approximate surface area is 150 Å². The van der Waals surface area contributed by atoms with Crippen LogP contribution >= 0.6 is 0 Å². The number of hydrogen-bond donors (Lipinski definition) is 0. The van der Waals surface area contributed by atoms with Crippen molar-refractivity contribution in [3.8, 4) is 0 Å². The highest BCUT2D eigenvalue weighted by molar-refractivity contribution is 5.32. The minimum atomic E-state index is -1.65. The summed E-state index contributed by atoms with van der Waals surface area (Å²) in [6.07, 6.45) is -1.65. The lowest BCUT2D eigenvalue weighted by molar-refractivity contribution is -0.393. The number of nitrogens with zero attached hydrogens (tertiary/aromatic N) is 3. The normalized spacial score (nSPS) is 21.0. The van der Waals surface area contributed by atoms with E-state index in [2.05, 4.69) is 10.2 Å². The van der Waals surface area contributed by atoms with Crippen molar-refractivity contribution < 1.29 is 19.1 Å². The van der Waals surface area contributed by atoms with Crippen molar-refractivity contribution in [2.45, 2.75) is 38.9 Å². The fourth-order valence-corrected chi connectivity index (χ4v) is 2.33. The molecule has 136 valence electrons. The van der Waals surface area contributed by atoms with E-state index in [1.165, 1.54) is 12.1 Å². The number of rotatable bonds is 7. The Kier molecular flexibility index (Phi) is 5.08. The maximum absolute atomic E-state index is 10.7. The topological polar surface area (TPSA) is 95.6 Å². The van der Waals surface area contributed by atoms with Crippen LogP contribution in [0, 0.1) is 10.1 Å². The van der Waals surface area contributed by atoms with Gasteiger partial charge in [-0.3, -0.25) is 14.9 Å². The van der Waals surface area contributed by atoms with E-state index in [1.807, 2.05) is 30.3 Å². The van der Waals surface area contributed by atoms with Crippen LogP contribution in [-0.4, -0.2) is 16.7 Å². The van der Waals surface area contributed by atoms with Crippen LogP contribution in [0.3, 0.4) is 0 Å². The van der Waals surface area contributed by atoms with Crippen LogP contribution in [0.4, 0.5) is 5.69 Å². The molecule has 3 rings (SSSR count). The van der Waals surface area contributed by atoms with E-state index in [9.17, 15) is 10.1 Å². The molecule has 0 bridgehead atoms. The molecule has 8 heteroatoms. The van der Waals surface area contributed by atoms with Gasteiger partial charge in [0.1, 0.15) is 0 Å². The lowest BCUT2D eigenvalue weighted by atomic mass is 10.2. The second-order valence-corrected chi connectivity index (χ2v) is 6.26. The molecule has 0 aromatic heterocycles. The fourth-order valence-electron chi connectivity index (χ4n) is 2.33. The molecule has 0 radical (unpaired) electrons. The van der Waals surface area contributed by atoms with Gasteiger partial charge in [0.2, 0.25) is 0 Å². The van der Waals surface area contributed by atoms with Gasteiger partial charge in [0.25, 0.3) is 5.69 Å². The molecule has 1 heterocycles. The summed E-state index contributed by atoms with van der Waals surface area (Å²) in [6, 6.07) is 15.6. The number of hydrogen-bond acceptors (Lipinski definition) is 7. The Morgan fingerprint density at radius 2 is 1.54 bits per heavy atom. The van der Waals surface area contributed by atoms with Crippen LogP contribution in [0.5, 0.6) is 0 Å². The van der Waals surface area contributed by atoms with E-state index in [1.54, 1.807) is 26.0 Å². The fraction of sp³-hybridized carbons (Fsp3) is 0.333. The van der Waals surface area contributed by atoms with Gasteiger partial charge in [-0.05, 0) is 37.1 Å². The highest BCUT2D eigenvalue weighted by atomic mass is 16.9. The van der Waals surface area contributed by atoms with Gasteiger partial charge < -0.3 is 9.47 Å². The van der Waals surface area contributed by atoms with Gasteiger partial charge in [0, 0.05) is 12.1 Å². The van der Waals surface area contributed by atoms with Crippen molar-refractivity contribution >= 4 is 5.69 Å². The Hall–Kier alpha value is -2.68. The summed E-state index contributed by atoms with van der Waals surface area (Å²) in [6.45, 7) is 3.83. The quantitative estimate of drug-likeness (QED) is 0.421. The molecule has 0 amide bonds. The smallest absolute Gasteiger partial charge is 0.302 e. The highest BCUT2D eigenvalue weighted by Gasteiger charge is 2.46. The average Bonchev–Trinajstić information content (AvgIpc) is 2.95. The minimum absolute atomic E-state index is 0.0155. The zero-order chi connectivity index (χ0) is 18.6. The molecule has 0 fully saturated rings. The number of azo groups is 1. The summed E-state index contributed by atoms with van der Waals surface area (Å²) in [4.78, 5) is 10.3. The van der Waals surface area contributed by atoms with Gasteiger partial charge in [-0.2, -0.15) is 5.11 Å². The van der Waals surface area contributed by atoms with Crippen LogP contribution in [0.15, 0.2) is 64.8 Å². The van der Waals surface area contributed by atoms with Crippen LogP contribution in [0.1, 0.15) is 25.0 Å². The number of non-ortho nitro benzene ring substituents is 1. The maximum atomic E-state index is 10.7. The van der Waals surface area contributed by atoms with Gasteiger partial charge >= 0.3 is 6.10 Å². The lowest BCUT2D eigenvalue weighted by Gasteiger charge is -2.27. The molecule has 0 saturated carbocycles. The number of nitro groups is 1. The van der Waals surface area contributed by atoms with Crippen LogP contribution in [-0.2, 0) is 27.4 Å². The Bertz CT molecular complexity index is 792. The first-order valence-electron chi connectivity index (χ1n) is 8.07. The monoisotopic (exact) mass is 357 g/mol. The van der Waals surface area contributed by atoms with Gasteiger partial charge in [-0.1, -0.05) is 35.4 Å². The van der Waals surface area contributed by atoms with E-state index < -0.39 is 16.7 Å². The van der Waals surface area contributed by atoms with E-state index in [0.717, 1.165) is 11.1 Å². The summed E-state index contributed by atoms with van der Waals surface area (Å²) in [5, 5.41) is 18.8. The SMILES string of the molecule is CC1(C)N=NC(OCc2ccccc2)(OCc2ccc([N+](=O)[O-])cc2)O1. The molecule has 1 aliphatic heterocycles. The van der Waals surface area contributed by atoms with Gasteiger partial charge in [0.15, 0.2) is 5.72 Å². The van der Waals surface area contributed by atoms with E-state index in [4.69, 9.17) is 14.2 Å². The molecule has 26 heavy (non-hydrogen) atoms. The third kappa shape index (κ3) is 4.48. The first-order chi connectivity index (χ1) is 12.4. The predicted molar refractivity (Wildman–Crippen MR) is 91.9 cm³/mol. The largest absolute Gasteiger partial charge is 0.415 e. The van der Waals surface area contributed by atoms with Crippen molar-refractivity contribution in [3.05, 3.63) is 75.8 Å². The first-order valence-corrected chi connectivity index (χ1v) is 8.07. The van der Waals surface area contributed by atoms with Crippen LogP contribution in [0.25, 0.3) is 0 Å². The standard InChI is InChI=1S/C18H19N3O5/c1-17(2)19-20-18(26-17,24-12-14-6-4-3-5-7-14)25-13-15-8-10-16(11-9-15)21(22)23/h3-11H,12-13H2,1-2H3. The summed E-state index contributed by atoms with van der Waals surface area (Å²) in [5.41, 5.74) is 0.810. The minimum Gasteiger partial charge on any atom is -0.302 e. The molecule has 0 saturated heterocycles. The Balaban J connectivity index is 1.68. The van der Waals surface area contributed by atoms with Gasteiger partial charge in [-0.15, -0.1) is 0 Å². The van der Waals surface area contributed by atoms with Crippen LogP contribution < -0.4 is 0 Å². The number of benzene rings is 2. The lowest BCUT2D eigenvalue weighted by Crippen LogP contribution is -2.38. The zero-order valence-electron chi connectivity index (χ0n) is 14.5. The second kappa shape index (κ2) is 7.28. The Morgan fingerprint density at radius 3 is 2.04 bits per heavy atom. The average molecular weight is 357 g/mol.